The largest absolute Gasteiger partial charge is 0.393 e. The van der Waals surface area contributed by atoms with Crippen LogP contribution in [0.5, 0.6) is 0 Å². The predicted molar refractivity (Wildman–Crippen MR) is 67.1 cm³/mol. The Hall–Kier alpha value is 0.1000. The molecule has 15 heavy (non-hydrogen) atoms. The van der Waals surface area contributed by atoms with Crippen LogP contribution >= 0.6 is 27.3 Å². The molecule has 1 aliphatic rings. The van der Waals surface area contributed by atoms with Crippen molar-refractivity contribution in [1.29, 1.82) is 0 Å². The average molecular weight is 290 g/mol. The number of aliphatic hydroxyl groups excluding tert-OH is 1. The Balaban J connectivity index is 1.90. The number of thiophene rings is 1. The van der Waals surface area contributed by atoms with E-state index in [0.29, 0.717) is 5.92 Å². The number of hydrogen-bond donors (Lipinski definition) is 1. The molecule has 0 bridgehead atoms. The fourth-order valence-electron chi connectivity index (χ4n) is 2.02. The zero-order chi connectivity index (χ0) is 10.8. The number of hydrogen-bond acceptors (Lipinski definition) is 3. The zero-order valence-electron chi connectivity index (χ0n) is 8.82. The number of aliphatic hydroxyl groups is 1. The van der Waals surface area contributed by atoms with Crippen LogP contribution in [0.4, 0.5) is 0 Å². The first kappa shape index (κ1) is 11.6. The van der Waals surface area contributed by atoms with Crippen molar-refractivity contribution in [3.05, 3.63) is 20.8 Å². The molecule has 0 amide bonds. The summed E-state index contributed by atoms with van der Waals surface area (Å²) in [4.78, 5) is 3.82. The minimum absolute atomic E-state index is 0.101. The molecule has 1 fully saturated rings. The summed E-state index contributed by atoms with van der Waals surface area (Å²) >= 11 is 5.27. The lowest BCUT2D eigenvalue weighted by Gasteiger charge is -2.34. The molecular weight excluding hydrogens is 274 g/mol. The molecule has 1 N–H and O–H groups in total. The van der Waals surface area contributed by atoms with Gasteiger partial charge in [0, 0.05) is 24.5 Å². The molecule has 2 atom stereocenters. The van der Waals surface area contributed by atoms with Gasteiger partial charge in [0.25, 0.3) is 0 Å². The van der Waals surface area contributed by atoms with Gasteiger partial charge in [-0.1, -0.05) is 6.92 Å². The second-order valence-electron chi connectivity index (χ2n) is 4.27. The van der Waals surface area contributed by atoms with Gasteiger partial charge in [-0.05, 0) is 40.4 Å². The van der Waals surface area contributed by atoms with E-state index in [1.807, 2.05) is 0 Å². The Morgan fingerprint density at radius 3 is 3.00 bits per heavy atom. The minimum atomic E-state index is -0.101. The number of piperidine rings is 1. The molecule has 2 unspecified atom stereocenters. The maximum absolute atomic E-state index is 9.63. The molecule has 84 valence electrons. The van der Waals surface area contributed by atoms with Crippen LogP contribution in [0.15, 0.2) is 15.9 Å². The van der Waals surface area contributed by atoms with Gasteiger partial charge in [-0.2, -0.15) is 0 Å². The van der Waals surface area contributed by atoms with Gasteiger partial charge in [-0.25, -0.2) is 0 Å². The monoisotopic (exact) mass is 289 g/mol. The highest BCUT2D eigenvalue weighted by Gasteiger charge is 2.24. The van der Waals surface area contributed by atoms with Crippen LogP contribution in [0.25, 0.3) is 0 Å². The van der Waals surface area contributed by atoms with Gasteiger partial charge in [0.05, 0.1) is 9.89 Å². The molecule has 1 aromatic rings. The second-order valence-corrected chi connectivity index (χ2v) is 6.82. The zero-order valence-corrected chi connectivity index (χ0v) is 11.2. The smallest absolute Gasteiger partial charge is 0.0701 e. The van der Waals surface area contributed by atoms with Crippen LogP contribution in [-0.2, 0) is 6.54 Å². The molecule has 0 spiro atoms. The van der Waals surface area contributed by atoms with E-state index in [1.54, 1.807) is 11.3 Å². The molecule has 0 aliphatic carbocycles. The molecule has 0 saturated carbocycles. The van der Waals surface area contributed by atoms with E-state index in [1.165, 1.54) is 8.66 Å². The van der Waals surface area contributed by atoms with Crippen molar-refractivity contribution in [2.75, 3.05) is 13.1 Å². The fraction of sp³-hybridized carbons (Fsp3) is 0.636. The summed E-state index contributed by atoms with van der Waals surface area (Å²) < 4.78 is 1.20. The van der Waals surface area contributed by atoms with Crippen LogP contribution in [0, 0.1) is 5.92 Å². The predicted octanol–water partition coefficient (Wildman–Crippen LogP) is 2.71. The maximum atomic E-state index is 9.63. The van der Waals surface area contributed by atoms with Gasteiger partial charge in [0.2, 0.25) is 0 Å². The first-order valence-corrected chi connectivity index (χ1v) is 6.91. The first-order valence-electron chi connectivity index (χ1n) is 5.30. The summed E-state index contributed by atoms with van der Waals surface area (Å²) in [5.41, 5.74) is 0. The van der Waals surface area contributed by atoms with Crippen LogP contribution in [-0.4, -0.2) is 29.2 Å². The third kappa shape index (κ3) is 3.03. The van der Waals surface area contributed by atoms with Crippen LogP contribution < -0.4 is 0 Å². The lowest BCUT2D eigenvalue weighted by molar-refractivity contribution is 0.0324. The molecule has 4 heteroatoms. The Morgan fingerprint density at radius 1 is 1.60 bits per heavy atom. The van der Waals surface area contributed by atoms with Gasteiger partial charge >= 0.3 is 0 Å². The van der Waals surface area contributed by atoms with Crippen LogP contribution in [0.2, 0.25) is 0 Å². The number of rotatable bonds is 2. The molecule has 2 nitrogen and oxygen atoms in total. The highest BCUT2D eigenvalue weighted by atomic mass is 79.9. The van der Waals surface area contributed by atoms with Gasteiger partial charge in [0.15, 0.2) is 0 Å². The summed E-state index contributed by atoms with van der Waals surface area (Å²) in [5.74, 6) is 0.405. The fourth-order valence-corrected chi connectivity index (χ4v) is 3.55. The summed E-state index contributed by atoms with van der Waals surface area (Å²) in [7, 11) is 0. The third-order valence-electron chi connectivity index (χ3n) is 2.95. The minimum Gasteiger partial charge on any atom is -0.393 e. The summed E-state index contributed by atoms with van der Waals surface area (Å²) in [5, 5.41) is 9.63. The Labute approximate surface area is 103 Å². The van der Waals surface area contributed by atoms with Gasteiger partial charge in [0.1, 0.15) is 0 Å². The molecule has 2 rings (SSSR count). The van der Waals surface area contributed by atoms with E-state index in [0.717, 1.165) is 26.1 Å². The lowest BCUT2D eigenvalue weighted by atomic mass is 9.97. The normalized spacial score (nSPS) is 28.2. The quantitative estimate of drug-likeness (QED) is 0.905. The van der Waals surface area contributed by atoms with E-state index in [2.05, 4.69) is 39.9 Å². The van der Waals surface area contributed by atoms with Crippen LogP contribution in [0.3, 0.4) is 0 Å². The van der Waals surface area contributed by atoms with Crippen molar-refractivity contribution in [2.45, 2.75) is 26.0 Å². The first-order chi connectivity index (χ1) is 7.15. The number of halogens is 1. The SMILES string of the molecule is CC1CN(Cc2ccc(Br)s2)CCC1O. The Bertz CT molecular complexity index is 328. The van der Waals surface area contributed by atoms with Crippen molar-refractivity contribution < 1.29 is 5.11 Å². The molecule has 0 aromatic carbocycles. The topological polar surface area (TPSA) is 23.5 Å². The van der Waals surface area contributed by atoms with Gasteiger partial charge in [-0.3, -0.25) is 4.90 Å². The van der Waals surface area contributed by atoms with Crippen molar-refractivity contribution in [2.24, 2.45) is 5.92 Å². The molecule has 1 aliphatic heterocycles. The highest BCUT2D eigenvalue weighted by Crippen LogP contribution is 2.25. The van der Waals surface area contributed by atoms with Gasteiger partial charge in [-0.15, -0.1) is 11.3 Å². The van der Waals surface area contributed by atoms with Crippen molar-refractivity contribution in [3.8, 4) is 0 Å². The van der Waals surface area contributed by atoms with E-state index in [9.17, 15) is 5.11 Å². The summed E-state index contributed by atoms with van der Waals surface area (Å²) in [6.45, 7) is 5.17. The van der Waals surface area contributed by atoms with E-state index in [4.69, 9.17) is 0 Å². The number of likely N-dealkylation sites (tertiary alicyclic amines) is 1. The molecule has 2 heterocycles. The Morgan fingerprint density at radius 2 is 2.40 bits per heavy atom. The van der Waals surface area contributed by atoms with Gasteiger partial charge < -0.3 is 5.11 Å². The van der Waals surface area contributed by atoms with E-state index < -0.39 is 0 Å². The lowest BCUT2D eigenvalue weighted by Crippen LogP contribution is -2.41. The van der Waals surface area contributed by atoms with Crippen LogP contribution in [0.1, 0.15) is 18.2 Å². The van der Waals surface area contributed by atoms with Crippen molar-refractivity contribution in [1.82, 2.24) is 4.90 Å². The Kier molecular flexibility index (Phi) is 3.83. The maximum Gasteiger partial charge on any atom is 0.0701 e. The van der Waals surface area contributed by atoms with Crippen molar-refractivity contribution in [3.63, 3.8) is 0 Å². The molecule has 1 aromatic heterocycles. The second kappa shape index (κ2) is 4.95. The molecule has 0 radical (unpaired) electrons. The van der Waals surface area contributed by atoms with Crippen molar-refractivity contribution >= 4 is 27.3 Å². The molecular formula is C11H16BrNOS. The average Bonchev–Trinajstić information content (AvgIpc) is 2.58. The third-order valence-corrected chi connectivity index (χ3v) is 4.56. The molecule has 1 saturated heterocycles. The van der Waals surface area contributed by atoms with E-state index in [-0.39, 0.29) is 6.10 Å². The standard InChI is InChI=1S/C11H16BrNOS/c1-8-6-13(5-4-10(8)14)7-9-2-3-11(12)15-9/h2-3,8,10,14H,4-7H2,1H3. The summed E-state index contributed by atoms with van der Waals surface area (Å²) in [6.07, 6.45) is 0.810. The van der Waals surface area contributed by atoms with E-state index >= 15 is 0 Å². The number of nitrogens with zero attached hydrogens (tertiary/aromatic N) is 1. The highest BCUT2D eigenvalue weighted by molar-refractivity contribution is 9.11. The summed E-state index contributed by atoms with van der Waals surface area (Å²) in [6, 6.07) is 4.27.